The molecule has 1 unspecified atom stereocenters. The van der Waals surface area contributed by atoms with Crippen LogP contribution in [0.1, 0.15) is 26.2 Å². The monoisotopic (exact) mass is 172 g/mol. The van der Waals surface area contributed by atoms with Gasteiger partial charge in [-0.25, -0.2) is 4.79 Å². The first-order valence-corrected chi connectivity index (χ1v) is 4.10. The molecular weight excluding hydrogens is 160 g/mol. The van der Waals surface area contributed by atoms with Crippen LogP contribution in [0.2, 0.25) is 0 Å². The van der Waals surface area contributed by atoms with E-state index in [1.807, 2.05) is 0 Å². The summed E-state index contributed by atoms with van der Waals surface area (Å²) in [5.74, 6) is -0.0335. The second kappa shape index (κ2) is 4.09. The van der Waals surface area contributed by atoms with Crippen LogP contribution in [0.3, 0.4) is 0 Å². The minimum atomic E-state index is -0.723. The van der Waals surface area contributed by atoms with Gasteiger partial charge in [0, 0.05) is 6.42 Å². The van der Waals surface area contributed by atoms with Gasteiger partial charge < -0.3 is 9.47 Å². The fraction of sp³-hybridized carbons (Fsp3) is 0.750. The van der Waals surface area contributed by atoms with Crippen LogP contribution in [0.4, 0.5) is 4.79 Å². The summed E-state index contributed by atoms with van der Waals surface area (Å²) in [5.41, 5.74) is 0. The molecule has 1 rings (SSSR count). The Morgan fingerprint density at radius 1 is 1.67 bits per heavy atom. The molecule has 0 aromatic rings. The molecule has 1 atom stereocenters. The Labute approximate surface area is 70.8 Å². The number of ketones is 1. The Balaban J connectivity index is 2.51. The highest BCUT2D eigenvalue weighted by atomic mass is 16.7. The van der Waals surface area contributed by atoms with E-state index in [0.29, 0.717) is 25.9 Å². The van der Waals surface area contributed by atoms with Crippen LogP contribution < -0.4 is 0 Å². The topological polar surface area (TPSA) is 52.6 Å². The van der Waals surface area contributed by atoms with Crippen LogP contribution >= 0.6 is 0 Å². The summed E-state index contributed by atoms with van der Waals surface area (Å²) >= 11 is 0. The van der Waals surface area contributed by atoms with Crippen molar-refractivity contribution < 1.29 is 19.1 Å². The molecule has 12 heavy (non-hydrogen) atoms. The largest absolute Gasteiger partial charge is 0.508 e. The van der Waals surface area contributed by atoms with Gasteiger partial charge in [-0.3, -0.25) is 4.79 Å². The normalized spacial score (nSPS) is 23.8. The number of ether oxygens (including phenoxy) is 2. The van der Waals surface area contributed by atoms with Crippen LogP contribution in [0, 0.1) is 0 Å². The third kappa shape index (κ3) is 2.22. The summed E-state index contributed by atoms with van der Waals surface area (Å²) in [6.07, 6.45) is 0.377. The van der Waals surface area contributed by atoms with Crippen LogP contribution in [-0.2, 0) is 14.3 Å². The van der Waals surface area contributed by atoms with Gasteiger partial charge in [-0.05, 0) is 12.8 Å². The van der Waals surface area contributed by atoms with E-state index in [1.54, 1.807) is 6.92 Å². The first-order chi connectivity index (χ1) is 5.74. The maximum atomic E-state index is 11.1. The van der Waals surface area contributed by atoms with Crippen molar-refractivity contribution in [2.45, 2.75) is 32.3 Å². The molecule has 0 N–H and O–H groups in total. The number of carbonyl (C=O) groups excluding carboxylic acids is 2. The fourth-order valence-electron chi connectivity index (χ4n) is 1.09. The highest BCUT2D eigenvalue weighted by Gasteiger charge is 2.24. The van der Waals surface area contributed by atoms with Crippen LogP contribution in [0.25, 0.3) is 0 Å². The van der Waals surface area contributed by atoms with Gasteiger partial charge in [-0.15, -0.1) is 0 Å². The van der Waals surface area contributed by atoms with Crippen molar-refractivity contribution in [2.24, 2.45) is 0 Å². The molecule has 1 aliphatic rings. The van der Waals surface area contributed by atoms with E-state index in [4.69, 9.17) is 4.74 Å². The molecule has 1 aliphatic heterocycles. The van der Waals surface area contributed by atoms with Crippen molar-refractivity contribution in [1.82, 2.24) is 0 Å². The van der Waals surface area contributed by atoms with E-state index in [-0.39, 0.29) is 5.78 Å². The zero-order chi connectivity index (χ0) is 8.97. The number of hydrogen-bond acceptors (Lipinski definition) is 4. The zero-order valence-electron chi connectivity index (χ0n) is 7.04. The Morgan fingerprint density at radius 2 is 2.42 bits per heavy atom. The highest BCUT2D eigenvalue weighted by Crippen LogP contribution is 2.11. The highest BCUT2D eigenvalue weighted by molar-refractivity contribution is 5.84. The Hall–Kier alpha value is -1.06. The predicted molar refractivity (Wildman–Crippen MR) is 40.8 cm³/mol. The molecule has 0 amide bonds. The van der Waals surface area contributed by atoms with E-state index >= 15 is 0 Å². The fourth-order valence-corrected chi connectivity index (χ4v) is 1.09. The first-order valence-electron chi connectivity index (χ1n) is 4.10. The molecule has 4 nitrogen and oxygen atoms in total. The van der Waals surface area contributed by atoms with Crippen LogP contribution in [-0.4, -0.2) is 24.6 Å². The lowest BCUT2D eigenvalue weighted by atomic mass is 10.1. The quantitative estimate of drug-likeness (QED) is 0.589. The van der Waals surface area contributed by atoms with Gasteiger partial charge in [0.2, 0.25) is 0 Å². The summed E-state index contributed by atoms with van der Waals surface area (Å²) in [7, 11) is 0. The van der Waals surface area contributed by atoms with E-state index in [1.165, 1.54) is 0 Å². The molecule has 4 heteroatoms. The van der Waals surface area contributed by atoms with E-state index in [9.17, 15) is 9.59 Å². The van der Waals surface area contributed by atoms with Crippen molar-refractivity contribution in [3.8, 4) is 0 Å². The van der Waals surface area contributed by atoms with Crippen molar-refractivity contribution >= 4 is 11.9 Å². The molecule has 0 spiro atoms. The van der Waals surface area contributed by atoms with Gasteiger partial charge in [0.25, 0.3) is 0 Å². The predicted octanol–water partition coefficient (Wildman–Crippen LogP) is 1.28. The van der Waals surface area contributed by atoms with Crippen molar-refractivity contribution in [1.29, 1.82) is 0 Å². The summed E-state index contributed by atoms with van der Waals surface area (Å²) in [5, 5.41) is 0. The van der Waals surface area contributed by atoms with Crippen LogP contribution in [0.5, 0.6) is 0 Å². The van der Waals surface area contributed by atoms with Gasteiger partial charge in [0.15, 0.2) is 11.9 Å². The van der Waals surface area contributed by atoms with Gasteiger partial charge >= 0.3 is 6.16 Å². The molecule has 0 bridgehead atoms. The van der Waals surface area contributed by atoms with Gasteiger partial charge in [-0.2, -0.15) is 0 Å². The second-order valence-electron chi connectivity index (χ2n) is 2.67. The third-order valence-electron chi connectivity index (χ3n) is 1.78. The van der Waals surface area contributed by atoms with Crippen molar-refractivity contribution in [3.63, 3.8) is 0 Å². The van der Waals surface area contributed by atoms with Gasteiger partial charge in [0.1, 0.15) is 0 Å². The summed E-state index contributed by atoms with van der Waals surface area (Å²) < 4.78 is 9.37. The van der Waals surface area contributed by atoms with Gasteiger partial charge in [0.05, 0.1) is 6.61 Å². The molecule has 0 aliphatic carbocycles. The molecule has 68 valence electrons. The number of cyclic esters (lactones) is 2. The average Bonchev–Trinajstić information content (AvgIpc) is 2.28. The molecule has 1 fully saturated rings. The first kappa shape index (κ1) is 9.03. The maximum Gasteiger partial charge on any atom is 0.508 e. The third-order valence-corrected chi connectivity index (χ3v) is 1.78. The minimum Gasteiger partial charge on any atom is -0.434 e. The standard InChI is InChI=1S/C8H12O4/c1-2-6(9)7-4-3-5-11-8(10)12-7/h7H,2-5H2,1H3. The SMILES string of the molecule is CCC(=O)C1CCCOC(=O)O1. The number of Topliss-reactive ketones (excluding diaryl/α,β-unsaturated/α-hetero) is 1. The summed E-state index contributed by atoms with van der Waals surface area (Å²) in [6.45, 7) is 2.11. The van der Waals surface area contributed by atoms with Crippen LogP contribution in [0.15, 0.2) is 0 Å². The lowest BCUT2D eigenvalue weighted by Gasteiger charge is -2.10. The van der Waals surface area contributed by atoms with E-state index < -0.39 is 12.3 Å². The molecule has 1 heterocycles. The average molecular weight is 172 g/mol. The summed E-state index contributed by atoms with van der Waals surface area (Å²) in [4.78, 5) is 21.8. The smallest absolute Gasteiger partial charge is 0.434 e. The zero-order valence-corrected chi connectivity index (χ0v) is 7.04. The number of carbonyl (C=O) groups is 2. The molecule has 0 aromatic carbocycles. The lowest BCUT2D eigenvalue weighted by Crippen LogP contribution is -2.24. The summed E-state index contributed by atoms with van der Waals surface area (Å²) in [6, 6.07) is 0. The number of rotatable bonds is 2. The van der Waals surface area contributed by atoms with Crippen molar-refractivity contribution in [3.05, 3.63) is 0 Å². The van der Waals surface area contributed by atoms with Crippen molar-refractivity contribution in [2.75, 3.05) is 6.61 Å². The van der Waals surface area contributed by atoms with E-state index in [0.717, 1.165) is 0 Å². The molecular formula is C8H12O4. The van der Waals surface area contributed by atoms with E-state index in [2.05, 4.69) is 4.74 Å². The Kier molecular flexibility index (Phi) is 3.08. The minimum absolute atomic E-state index is 0.0335. The molecule has 1 saturated heterocycles. The number of hydrogen-bond donors (Lipinski definition) is 0. The molecule has 0 aromatic heterocycles. The molecule has 0 radical (unpaired) electrons. The Bertz CT molecular complexity index is 187. The van der Waals surface area contributed by atoms with Gasteiger partial charge in [-0.1, -0.05) is 6.92 Å². The second-order valence-corrected chi connectivity index (χ2v) is 2.67. The molecule has 0 saturated carbocycles. The Morgan fingerprint density at radius 3 is 3.08 bits per heavy atom. The maximum absolute atomic E-state index is 11.1. The lowest BCUT2D eigenvalue weighted by molar-refractivity contribution is -0.127.